The Balaban J connectivity index is 2.07. The summed E-state index contributed by atoms with van der Waals surface area (Å²) >= 11 is 0. The van der Waals surface area contributed by atoms with Crippen LogP contribution < -0.4 is 10.6 Å². The summed E-state index contributed by atoms with van der Waals surface area (Å²) in [7, 11) is 0. The van der Waals surface area contributed by atoms with Crippen LogP contribution in [0.25, 0.3) is 0 Å². The first-order valence-corrected chi connectivity index (χ1v) is 8.95. The van der Waals surface area contributed by atoms with Crippen LogP contribution in [0.5, 0.6) is 0 Å². The molecular weight excluding hydrogens is 304 g/mol. The summed E-state index contributed by atoms with van der Waals surface area (Å²) in [4.78, 5) is 16.7. The minimum atomic E-state index is -0.565. The van der Waals surface area contributed by atoms with Gasteiger partial charge in [0.2, 0.25) is 5.91 Å². The number of hydrogen-bond donors (Lipinski definition) is 3. The summed E-state index contributed by atoms with van der Waals surface area (Å²) in [5, 5.41) is 17.6. The number of carbonyl (C=O) groups is 1. The largest absolute Gasteiger partial charge is 0.376 e. The second kappa shape index (κ2) is 5.94. The van der Waals surface area contributed by atoms with E-state index in [2.05, 4.69) is 43.2 Å². The Morgan fingerprint density at radius 3 is 2.08 bits per heavy atom. The van der Waals surface area contributed by atoms with Crippen molar-refractivity contribution >= 4 is 5.91 Å². The molecule has 0 spiro atoms. The standard InChI is InChI=1S/C18H36N4O2/c1-15(2)11-21(13(23)17(5,6)19-15)9-10-22-12-16(3,4)20-18(7,8)14(22)24/h13,19-20,23H,9-12H2,1-8H3. The van der Waals surface area contributed by atoms with Crippen LogP contribution in [-0.4, -0.2) is 75.4 Å². The lowest BCUT2D eigenvalue weighted by molar-refractivity contribution is -0.146. The van der Waals surface area contributed by atoms with Gasteiger partial charge in [0.1, 0.15) is 6.23 Å². The molecule has 0 bridgehead atoms. The van der Waals surface area contributed by atoms with E-state index in [1.54, 1.807) is 0 Å². The number of nitrogens with zero attached hydrogens (tertiary/aromatic N) is 2. The number of aliphatic hydroxyl groups excluding tert-OH is 1. The highest BCUT2D eigenvalue weighted by atomic mass is 16.3. The maximum Gasteiger partial charge on any atom is 0.242 e. The highest BCUT2D eigenvalue weighted by Crippen LogP contribution is 2.26. The molecule has 3 N–H and O–H groups in total. The van der Waals surface area contributed by atoms with Crippen molar-refractivity contribution in [1.82, 2.24) is 20.4 Å². The minimum absolute atomic E-state index is 0.0747. The molecule has 2 heterocycles. The van der Waals surface area contributed by atoms with Crippen molar-refractivity contribution in [2.75, 3.05) is 26.2 Å². The Morgan fingerprint density at radius 1 is 0.958 bits per heavy atom. The topological polar surface area (TPSA) is 67.8 Å². The minimum Gasteiger partial charge on any atom is -0.376 e. The van der Waals surface area contributed by atoms with E-state index in [0.717, 1.165) is 6.54 Å². The van der Waals surface area contributed by atoms with Gasteiger partial charge >= 0.3 is 0 Å². The fourth-order valence-corrected chi connectivity index (χ4v) is 4.54. The first-order valence-electron chi connectivity index (χ1n) is 8.95. The van der Waals surface area contributed by atoms with Crippen LogP contribution in [0.2, 0.25) is 0 Å². The van der Waals surface area contributed by atoms with Gasteiger partial charge in [0.25, 0.3) is 0 Å². The molecular formula is C18H36N4O2. The van der Waals surface area contributed by atoms with Crippen molar-refractivity contribution in [2.45, 2.75) is 83.8 Å². The molecule has 2 saturated heterocycles. The zero-order valence-corrected chi connectivity index (χ0v) is 16.7. The molecule has 140 valence electrons. The van der Waals surface area contributed by atoms with E-state index < -0.39 is 11.8 Å². The third kappa shape index (κ3) is 4.10. The molecule has 2 aliphatic heterocycles. The molecule has 1 unspecified atom stereocenters. The number of piperazine rings is 2. The normalized spacial score (nSPS) is 32.0. The van der Waals surface area contributed by atoms with Gasteiger partial charge in [-0.05, 0) is 55.4 Å². The molecule has 2 fully saturated rings. The van der Waals surface area contributed by atoms with E-state index in [1.807, 2.05) is 32.6 Å². The SMILES string of the molecule is CC1(C)CN(CCN2CC(C)(C)NC(C)(C)C2O)C(=O)C(C)(C)N1. The zero-order chi connectivity index (χ0) is 18.6. The highest BCUT2D eigenvalue weighted by molar-refractivity contribution is 5.86. The van der Waals surface area contributed by atoms with Crippen LogP contribution in [0.3, 0.4) is 0 Å². The van der Waals surface area contributed by atoms with E-state index in [9.17, 15) is 9.90 Å². The maximum absolute atomic E-state index is 12.7. The van der Waals surface area contributed by atoms with Gasteiger partial charge in [-0.2, -0.15) is 0 Å². The predicted octanol–water partition coefficient (Wildman–Crippen LogP) is 0.756. The summed E-state index contributed by atoms with van der Waals surface area (Å²) < 4.78 is 0. The van der Waals surface area contributed by atoms with E-state index in [4.69, 9.17) is 0 Å². The van der Waals surface area contributed by atoms with Gasteiger partial charge in [-0.15, -0.1) is 0 Å². The van der Waals surface area contributed by atoms with Gasteiger partial charge in [-0.25, -0.2) is 0 Å². The second-order valence-corrected chi connectivity index (χ2v) is 9.94. The number of rotatable bonds is 3. The van der Waals surface area contributed by atoms with Gasteiger partial charge in [-0.3, -0.25) is 15.0 Å². The van der Waals surface area contributed by atoms with Crippen LogP contribution >= 0.6 is 0 Å². The lowest BCUT2D eigenvalue weighted by Crippen LogP contribution is -2.73. The quantitative estimate of drug-likeness (QED) is 0.708. The van der Waals surface area contributed by atoms with E-state index in [-0.39, 0.29) is 22.5 Å². The third-order valence-corrected chi connectivity index (χ3v) is 4.97. The molecule has 0 radical (unpaired) electrons. The Morgan fingerprint density at radius 2 is 1.50 bits per heavy atom. The zero-order valence-electron chi connectivity index (χ0n) is 16.7. The summed E-state index contributed by atoms with van der Waals surface area (Å²) in [5.74, 6) is 0.130. The smallest absolute Gasteiger partial charge is 0.242 e. The van der Waals surface area contributed by atoms with Crippen molar-refractivity contribution < 1.29 is 9.90 Å². The van der Waals surface area contributed by atoms with E-state index in [0.29, 0.717) is 19.6 Å². The molecule has 2 rings (SSSR count). The Hall–Kier alpha value is -0.690. The Bertz CT molecular complexity index is 499. The summed E-state index contributed by atoms with van der Waals surface area (Å²) in [6, 6.07) is 0. The van der Waals surface area contributed by atoms with Crippen LogP contribution in [0, 0.1) is 0 Å². The average molecular weight is 341 g/mol. The number of nitrogens with one attached hydrogen (secondary N) is 2. The lowest BCUT2D eigenvalue weighted by Gasteiger charge is -2.52. The lowest BCUT2D eigenvalue weighted by atomic mass is 9.89. The summed E-state index contributed by atoms with van der Waals surface area (Å²) in [6.07, 6.45) is -0.565. The van der Waals surface area contributed by atoms with Crippen molar-refractivity contribution in [3.8, 4) is 0 Å². The van der Waals surface area contributed by atoms with E-state index >= 15 is 0 Å². The van der Waals surface area contributed by atoms with Crippen LogP contribution in [0.1, 0.15) is 55.4 Å². The first-order chi connectivity index (χ1) is 10.7. The highest BCUT2D eigenvalue weighted by Gasteiger charge is 2.45. The van der Waals surface area contributed by atoms with Crippen LogP contribution in [-0.2, 0) is 4.79 Å². The molecule has 6 heteroatoms. The number of hydrogen-bond acceptors (Lipinski definition) is 5. The summed E-state index contributed by atoms with van der Waals surface area (Å²) in [6.45, 7) is 19.2. The molecule has 24 heavy (non-hydrogen) atoms. The fourth-order valence-electron chi connectivity index (χ4n) is 4.54. The van der Waals surface area contributed by atoms with E-state index in [1.165, 1.54) is 0 Å². The maximum atomic E-state index is 12.7. The molecule has 0 aromatic rings. The molecule has 0 aromatic carbocycles. The van der Waals surface area contributed by atoms with Gasteiger partial charge in [0.15, 0.2) is 0 Å². The monoisotopic (exact) mass is 340 g/mol. The van der Waals surface area contributed by atoms with Crippen LogP contribution in [0.4, 0.5) is 0 Å². The van der Waals surface area contributed by atoms with Gasteiger partial charge < -0.3 is 15.3 Å². The van der Waals surface area contributed by atoms with Gasteiger partial charge in [0.05, 0.1) is 11.1 Å². The third-order valence-electron chi connectivity index (χ3n) is 4.97. The second-order valence-electron chi connectivity index (χ2n) is 9.94. The van der Waals surface area contributed by atoms with Crippen molar-refractivity contribution in [3.63, 3.8) is 0 Å². The van der Waals surface area contributed by atoms with Crippen LogP contribution in [0.15, 0.2) is 0 Å². The number of amides is 1. The average Bonchev–Trinajstić information content (AvgIpc) is 2.34. The van der Waals surface area contributed by atoms with Gasteiger partial charge in [-0.1, -0.05) is 0 Å². The predicted molar refractivity (Wildman–Crippen MR) is 96.7 cm³/mol. The molecule has 2 aliphatic rings. The first kappa shape index (κ1) is 19.6. The number of aliphatic hydroxyl groups is 1. The Kier molecular flexibility index (Phi) is 4.86. The van der Waals surface area contributed by atoms with Gasteiger partial charge in [0, 0.05) is 37.3 Å². The molecule has 1 atom stereocenters. The van der Waals surface area contributed by atoms with Crippen molar-refractivity contribution in [3.05, 3.63) is 0 Å². The number of carbonyl (C=O) groups excluding carboxylic acids is 1. The van der Waals surface area contributed by atoms with Crippen molar-refractivity contribution in [1.29, 1.82) is 0 Å². The molecule has 0 aromatic heterocycles. The molecule has 0 saturated carbocycles. The Labute approximate surface area is 147 Å². The molecule has 0 aliphatic carbocycles. The fraction of sp³-hybridized carbons (Fsp3) is 0.944. The molecule has 6 nitrogen and oxygen atoms in total. The van der Waals surface area contributed by atoms with Crippen molar-refractivity contribution in [2.24, 2.45) is 0 Å². The summed E-state index contributed by atoms with van der Waals surface area (Å²) in [5.41, 5.74) is -1.12. The molecule has 1 amide bonds.